The van der Waals surface area contributed by atoms with Crippen molar-refractivity contribution in [3.63, 3.8) is 0 Å². The van der Waals surface area contributed by atoms with E-state index in [4.69, 9.17) is 69.6 Å². The molecule has 0 aliphatic carbocycles. The van der Waals surface area contributed by atoms with Gasteiger partial charge >= 0.3 is 21.7 Å². The van der Waals surface area contributed by atoms with Gasteiger partial charge in [-0.1, -0.05) is 225 Å². The maximum atomic E-state index is 6.53. The smallest absolute Gasteiger partial charge is 1.00 e. The predicted molar refractivity (Wildman–Crippen MR) is 330 cm³/mol. The van der Waals surface area contributed by atoms with E-state index in [0.29, 0.717) is 0 Å². The van der Waals surface area contributed by atoms with E-state index < -0.39 is 8.07 Å². The Hall–Kier alpha value is -4.13. The van der Waals surface area contributed by atoms with Crippen molar-refractivity contribution in [3.8, 4) is 0 Å². The van der Waals surface area contributed by atoms with Crippen LogP contribution < -0.4 is 58.0 Å². The van der Waals surface area contributed by atoms with Gasteiger partial charge in [0.15, 0.2) is 8.07 Å². The van der Waals surface area contributed by atoms with Gasteiger partial charge in [-0.2, -0.15) is 27.4 Å². The average Bonchev–Trinajstić information content (AvgIpc) is 3.76. The van der Waals surface area contributed by atoms with Crippen molar-refractivity contribution in [1.29, 1.82) is 0 Å². The molecular weight excluding hydrogens is 1220 g/mol. The Morgan fingerprint density at radius 2 is 0.475 bits per heavy atom. The van der Waals surface area contributed by atoms with Crippen LogP contribution in [0.3, 0.4) is 0 Å². The van der Waals surface area contributed by atoms with E-state index in [1.54, 1.807) is 0 Å². The van der Waals surface area contributed by atoms with E-state index in [1.807, 2.05) is 72.8 Å². The van der Waals surface area contributed by atoms with Gasteiger partial charge in [-0.25, -0.2) is 0 Å². The van der Waals surface area contributed by atoms with Crippen LogP contribution in [0.15, 0.2) is 200 Å². The topological polar surface area (TPSA) is 0 Å². The summed E-state index contributed by atoms with van der Waals surface area (Å²) >= 11 is 39.2. The van der Waals surface area contributed by atoms with Gasteiger partial charge in [-0.3, -0.25) is 0 Å². The second-order valence-electron chi connectivity index (χ2n) is 20.6. The average molecular weight is 1280 g/mol. The number of halogens is 9. The molecule has 0 nitrogen and oxygen atoms in total. The van der Waals surface area contributed by atoms with Gasteiger partial charge < -0.3 is 37.2 Å². The van der Waals surface area contributed by atoms with E-state index in [9.17, 15) is 0 Å². The van der Waals surface area contributed by atoms with E-state index in [-0.39, 0.29) is 58.9 Å². The second kappa shape index (κ2) is 28.9. The first kappa shape index (κ1) is 65.0. The molecule has 0 spiro atoms. The molecule has 0 N–H and O–H groups in total. The minimum atomic E-state index is -3.47. The summed E-state index contributed by atoms with van der Waals surface area (Å²) in [6.45, 7) is 9.37. The molecule has 0 unspecified atom stereocenters. The summed E-state index contributed by atoms with van der Waals surface area (Å²) in [6, 6.07) is 72.4. The number of hydrogen-bond donors (Lipinski definition) is 0. The van der Waals surface area contributed by atoms with Crippen molar-refractivity contribution in [2.75, 3.05) is 0 Å². The summed E-state index contributed by atoms with van der Waals surface area (Å²) in [4.78, 5) is 0. The SMILES string of the molecule is Cc1c(C)c([Si](c2cc(Cc3ccc(Cl)cc3)cc(Cc3ccc(Cl)cc3)c2)(c2cc(Cc3ccc(Cl)cc3)cc(Cc3ccc(Cl)cc3)c2)c2cc(Cc3ccc(Cl)cc3)cc(Cc3ccc(Cl)cc3)c2)[c-](C)c1C.[Cl-].[Cl-].[Cl-].[Ti+4]. The third-order valence-electron chi connectivity index (χ3n) is 15.2. The molecule has 10 aromatic rings. The van der Waals surface area contributed by atoms with Crippen molar-refractivity contribution >= 4 is 98.4 Å². The third-order valence-corrected chi connectivity index (χ3v) is 21.7. The normalized spacial score (nSPS) is 11.0. The molecule has 0 radical (unpaired) electrons. The number of benzene rings is 9. The molecule has 0 heterocycles. The molecule has 0 aromatic heterocycles. The van der Waals surface area contributed by atoms with Crippen LogP contribution in [-0.4, -0.2) is 8.07 Å². The zero-order valence-electron chi connectivity index (χ0n) is 44.7. The van der Waals surface area contributed by atoms with E-state index >= 15 is 0 Å². The monoisotopic (exact) mass is 1280 g/mol. The third kappa shape index (κ3) is 15.3. The minimum absolute atomic E-state index is 0. The predicted octanol–water partition coefficient (Wildman–Crippen LogP) is 8.49. The molecule has 404 valence electrons. The molecule has 0 saturated carbocycles. The molecule has 0 amide bonds. The molecule has 10 aromatic carbocycles. The maximum absolute atomic E-state index is 6.53. The van der Waals surface area contributed by atoms with Crippen LogP contribution in [0, 0.1) is 27.7 Å². The second-order valence-corrected chi connectivity index (χ2v) is 26.9. The molecule has 80 heavy (non-hydrogen) atoms. The van der Waals surface area contributed by atoms with Gasteiger partial charge in [0.25, 0.3) is 0 Å². The quantitative estimate of drug-likeness (QED) is 0.0518. The summed E-state index contributed by atoms with van der Waals surface area (Å²) in [6.07, 6.45) is 4.40. The molecule has 0 fully saturated rings. The first-order valence-electron chi connectivity index (χ1n) is 25.8. The van der Waals surface area contributed by atoms with Gasteiger partial charge in [0, 0.05) is 30.1 Å². The first-order valence-corrected chi connectivity index (χ1v) is 30.0. The van der Waals surface area contributed by atoms with Gasteiger partial charge in [-0.15, -0.1) is 0 Å². The zero-order chi connectivity index (χ0) is 53.1. The Balaban J connectivity index is 0.00000258. The summed E-state index contributed by atoms with van der Waals surface area (Å²) in [7, 11) is -3.47. The van der Waals surface area contributed by atoms with Crippen molar-refractivity contribution < 1.29 is 58.9 Å². The van der Waals surface area contributed by atoms with Crippen LogP contribution in [0.4, 0.5) is 0 Å². The fourth-order valence-corrected chi connectivity index (χ4v) is 17.8. The van der Waals surface area contributed by atoms with E-state index in [2.05, 4.69) is 155 Å². The fraction of sp³-hybridized carbons (Fsp3) is 0.145. The van der Waals surface area contributed by atoms with E-state index in [1.165, 1.54) is 110 Å². The molecule has 0 bridgehead atoms. The van der Waals surface area contributed by atoms with E-state index in [0.717, 1.165) is 68.7 Å². The van der Waals surface area contributed by atoms with Crippen LogP contribution in [0.25, 0.3) is 0 Å². The van der Waals surface area contributed by atoms with Gasteiger partial charge in [-0.05, 0) is 194 Å². The molecule has 0 aliphatic heterocycles. The van der Waals surface area contributed by atoms with Crippen LogP contribution in [0.1, 0.15) is 89.0 Å². The molecule has 10 rings (SSSR count). The standard InChI is InChI=1S/C69H57Cl6Si.3ClH.Ti/c1-44-45(2)47(4)69(46(44)3)76(66-38-54(29-48-5-17-60(70)18-6-48)35-55(39-66)30-49-7-19-61(71)20-8-49,67-40-56(31-50-9-21-62(72)22-10-50)36-57(41-67)32-51-11-23-63(73)24-12-51)68-42-58(33-52-13-25-64(74)26-14-52)37-59(43-68)34-53-15-27-65(75)28-16-53;;;;/h5-28,35-43H,29-34H2,1-4H3;3*1H;/q-1;;;;+4/p-3. The Morgan fingerprint density at radius 3 is 0.637 bits per heavy atom. The van der Waals surface area contributed by atoms with Crippen molar-refractivity contribution in [2.45, 2.75) is 66.2 Å². The number of hydrogen-bond acceptors (Lipinski definition) is 0. The molecule has 11 heteroatoms. The summed E-state index contributed by atoms with van der Waals surface area (Å²) in [5.41, 5.74) is 20.0. The van der Waals surface area contributed by atoms with Gasteiger partial charge in [0.05, 0.1) is 0 Å². The van der Waals surface area contributed by atoms with Crippen molar-refractivity contribution in [3.05, 3.63) is 319 Å². The molecule has 0 aliphatic rings. The largest absolute Gasteiger partial charge is 4.00 e. The van der Waals surface area contributed by atoms with Crippen molar-refractivity contribution in [1.82, 2.24) is 0 Å². The fourth-order valence-electron chi connectivity index (χ4n) is 11.3. The van der Waals surface area contributed by atoms with Gasteiger partial charge in [0.1, 0.15) is 0 Å². The summed E-state index contributed by atoms with van der Waals surface area (Å²) in [5, 5.41) is 9.78. The maximum Gasteiger partial charge on any atom is 4.00 e. The summed E-state index contributed by atoms with van der Waals surface area (Å²) < 4.78 is 0. The summed E-state index contributed by atoms with van der Waals surface area (Å²) in [5.74, 6) is 0. The van der Waals surface area contributed by atoms with Crippen molar-refractivity contribution in [2.24, 2.45) is 0 Å². The molecule has 0 atom stereocenters. The zero-order valence-corrected chi connectivity index (χ0v) is 54.1. The minimum Gasteiger partial charge on any atom is -1.00 e. The Kier molecular flexibility index (Phi) is 23.5. The Bertz CT molecular complexity index is 3100. The molecular formula is C69H57Cl9SiTi. The van der Waals surface area contributed by atoms with Crippen LogP contribution in [0.2, 0.25) is 30.1 Å². The molecule has 0 saturated heterocycles. The Morgan fingerprint density at radius 1 is 0.287 bits per heavy atom. The number of rotatable bonds is 16. The first-order chi connectivity index (χ1) is 36.6. The van der Waals surface area contributed by atoms with Crippen LogP contribution in [-0.2, 0) is 60.2 Å². The Labute approximate surface area is 537 Å². The van der Waals surface area contributed by atoms with Crippen LogP contribution >= 0.6 is 69.6 Å². The van der Waals surface area contributed by atoms with Gasteiger partial charge in [0.2, 0.25) is 0 Å². The van der Waals surface area contributed by atoms with Crippen LogP contribution in [0.5, 0.6) is 0 Å².